The number of morpholine rings is 1. The van der Waals surface area contributed by atoms with Gasteiger partial charge in [0, 0.05) is 32.7 Å². The van der Waals surface area contributed by atoms with E-state index in [1.165, 1.54) is 0 Å². The Morgan fingerprint density at radius 1 is 1.26 bits per heavy atom. The molecule has 0 aromatic rings. The van der Waals surface area contributed by atoms with Crippen LogP contribution in [0.5, 0.6) is 0 Å². The minimum Gasteiger partial charge on any atom is -0.448 e. The molecule has 2 aliphatic rings. The first-order valence-corrected chi connectivity index (χ1v) is 7.15. The zero-order valence-corrected chi connectivity index (χ0v) is 11.9. The first kappa shape index (κ1) is 14.6. The summed E-state index contributed by atoms with van der Waals surface area (Å²) in [4.78, 5) is 16.0. The van der Waals surface area contributed by atoms with E-state index in [9.17, 15) is 4.79 Å². The summed E-state index contributed by atoms with van der Waals surface area (Å²) >= 11 is 0. The summed E-state index contributed by atoms with van der Waals surface area (Å²) in [6.45, 7) is 10.6. The number of hydrogen-bond donors (Lipinski definition) is 1. The van der Waals surface area contributed by atoms with E-state index in [2.05, 4.69) is 10.2 Å². The van der Waals surface area contributed by atoms with Crippen molar-refractivity contribution < 1.29 is 14.3 Å². The molecular formula is C13H25N3O3. The third-order valence-corrected chi connectivity index (χ3v) is 3.52. The monoisotopic (exact) mass is 271 g/mol. The van der Waals surface area contributed by atoms with Gasteiger partial charge in [0.2, 0.25) is 0 Å². The van der Waals surface area contributed by atoms with Crippen LogP contribution in [0.1, 0.15) is 13.8 Å². The van der Waals surface area contributed by atoms with Crippen LogP contribution in [-0.4, -0.2) is 80.5 Å². The highest BCUT2D eigenvalue weighted by molar-refractivity contribution is 5.67. The number of carbonyl (C=O) groups excluding carboxylic acids is 1. The van der Waals surface area contributed by atoms with E-state index >= 15 is 0 Å². The maximum atomic E-state index is 11.9. The molecule has 0 unspecified atom stereocenters. The molecule has 0 aromatic heterocycles. The smallest absolute Gasteiger partial charge is 0.409 e. The van der Waals surface area contributed by atoms with Crippen LogP contribution in [0.25, 0.3) is 0 Å². The molecule has 6 heteroatoms. The van der Waals surface area contributed by atoms with Gasteiger partial charge in [-0.15, -0.1) is 0 Å². The molecule has 19 heavy (non-hydrogen) atoms. The third-order valence-electron chi connectivity index (χ3n) is 3.52. The molecule has 2 saturated heterocycles. The van der Waals surface area contributed by atoms with Crippen molar-refractivity contribution in [2.75, 3.05) is 52.4 Å². The molecule has 2 fully saturated rings. The van der Waals surface area contributed by atoms with Gasteiger partial charge in [0.1, 0.15) is 6.61 Å². The van der Waals surface area contributed by atoms with Gasteiger partial charge < -0.3 is 19.7 Å². The summed E-state index contributed by atoms with van der Waals surface area (Å²) in [5, 5.41) is 3.30. The van der Waals surface area contributed by atoms with Gasteiger partial charge in [-0.05, 0) is 13.8 Å². The minimum absolute atomic E-state index is 0.0875. The Labute approximate surface area is 115 Å². The number of rotatable bonds is 3. The normalized spacial score (nSPS) is 29.3. The van der Waals surface area contributed by atoms with Crippen LogP contribution < -0.4 is 5.32 Å². The van der Waals surface area contributed by atoms with Crippen molar-refractivity contribution >= 4 is 6.09 Å². The van der Waals surface area contributed by atoms with Crippen LogP contribution in [0.3, 0.4) is 0 Å². The van der Waals surface area contributed by atoms with E-state index in [4.69, 9.17) is 9.47 Å². The lowest BCUT2D eigenvalue weighted by Gasteiger charge is -2.34. The van der Waals surface area contributed by atoms with Gasteiger partial charge in [0.05, 0.1) is 25.3 Å². The highest BCUT2D eigenvalue weighted by Crippen LogP contribution is 2.11. The Hall–Kier alpha value is -0.850. The SMILES string of the molecule is C[C@@H]1CN(C(=O)OCCN2CCNCC2)C[C@H](C)O1. The number of nitrogens with one attached hydrogen (secondary N) is 1. The molecule has 1 N–H and O–H groups in total. The van der Waals surface area contributed by atoms with E-state index in [0.29, 0.717) is 19.7 Å². The van der Waals surface area contributed by atoms with E-state index in [1.54, 1.807) is 4.90 Å². The summed E-state index contributed by atoms with van der Waals surface area (Å²) in [6.07, 6.45) is -0.0360. The van der Waals surface area contributed by atoms with Crippen molar-refractivity contribution in [3.8, 4) is 0 Å². The van der Waals surface area contributed by atoms with Crippen LogP contribution in [-0.2, 0) is 9.47 Å². The average Bonchev–Trinajstić information content (AvgIpc) is 2.38. The summed E-state index contributed by atoms with van der Waals surface area (Å²) in [7, 11) is 0. The Morgan fingerprint density at radius 3 is 2.53 bits per heavy atom. The molecule has 0 saturated carbocycles. The van der Waals surface area contributed by atoms with Crippen LogP contribution in [0.15, 0.2) is 0 Å². The molecule has 2 aliphatic heterocycles. The van der Waals surface area contributed by atoms with Crippen molar-refractivity contribution in [2.24, 2.45) is 0 Å². The highest BCUT2D eigenvalue weighted by Gasteiger charge is 2.26. The Kier molecular flexibility index (Phi) is 5.42. The fourth-order valence-corrected chi connectivity index (χ4v) is 2.62. The molecule has 0 aromatic carbocycles. The fourth-order valence-electron chi connectivity index (χ4n) is 2.62. The molecule has 0 spiro atoms. The fraction of sp³-hybridized carbons (Fsp3) is 0.923. The van der Waals surface area contributed by atoms with Gasteiger partial charge in [-0.1, -0.05) is 0 Å². The second-order valence-electron chi connectivity index (χ2n) is 5.37. The summed E-state index contributed by atoms with van der Waals surface area (Å²) in [5.74, 6) is 0. The lowest BCUT2D eigenvalue weighted by molar-refractivity contribution is -0.0642. The second kappa shape index (κ2) is 7.07. The standard InChI is InChI=1S/C13H25N3O3/c1-11-9-16(10-12(2)19-11)13(17)18-8-7-15-5-3-14-4-6-15/h11-12,14H,3-10H2,1-2H3/t11-,12+. The summed E-state index contributed by atoms with van der Waals surface area (Å²) in [5.41, 5.74) is 0. The van der Waals surface area contributed by atoms with Gasteiger partial charge in [0.25, 0.3) is 0 Å². The molecule has 0 aliphatic carbocycles. The Balaban J connectivity index is 1.65. The molecule has 1 amide bonds. The second-order valence-corrected chi connectivity index (χ2v) is 5.37. The molecule has 2 heterocycles. The number of ether oxygens (including phenoxy) is 2. The molecule has 110 valence electrons. The van der Waals surface area contributed by atoms with E-state index < -0.39 is 0 Å². The Bertz CT molecular complexity index is 285. The van der Waals surface area contributed by atoms with Crippen molar-refractivity contribution in [1.29, 1.82) is 0 Å². The van der Waals surface area contributed by atoms with Crippen molar-refractivity contribution in [1.82, 2.24) is 15.1 Å². The van der Waals surface area contributed by atoms with E-state index in [1.807, 2.05) is 13.8 Å². The first-order chi connectivity index (χ1) is 9.15. The van der Waals surface area contributed by atoms with E-state index in [0.717, 1.165) is 32.7 Å². The van der Waals surface area contributed by atoms with Gasteiger partial charge in [-0.3, -0.25) is 4.90 Å². The van der Waals surface area contributed by atoms with Crippen LogP contribution in [0.2, 0.25) is 0 Å². The van der Waals surface area contributed by atoms with Gasteiger partial charge in [-0.2, -0.15) is 0 Å². The van der Waals surface area contributed by atoms with Gasteiger partial charge in [0.15, 0.2) is 0 Å². The molecule has 0 bridgehead atoms. The molecule has 0 radical (unpaired) electrons. The van der Waals surface area contributed by atoms with Crippen molar-refractivity contribution in [2.45, 2.75) is 26.1 Å². The van der Waals surface area contributed by atoms with Crippen LogP contribution in [0, 0.1) is 0 Å². The number of amides is 1. The molecule has 2 rings (SSSR count). The summed E-state index contributed by atoms with van der Waals surface area (Å²) < 4.78 is 11.0. The highest BCUT2D eigenvalue weighted by atomic mass is 16.6. The van der Waals surface area contributed by atoms with Crippen molar-refractivity contribution in [3.63, 3.8) is 0 Å². The van der Waals surface area contributed by atoms with Gasteiger partial charge >= 0.3 is 6.09 Å². The largest absolute Gasteiger partial charge is 0.448 e. The minimum atomic E-state index is -0.211. The van der Waals surface area contributed by atoms with Crippen LogP contribution >= 0.6 is 0 Å². The van der Waals surface area contributed by atoms with Gasteiger partial charge in [-0.25, -0.2) is 4.79 Å². The molecule has 2 atom stereocenters. The van der Waals surface area contributed by atoms with Crippen LogP contribution in [0.4, 0.5) is 4.79 Å². The predicted molar refractivity (Wildman–Crippen MR) is 72.2 cm³/mol. The third kappa shape index (κ3) is 4.63. The number of piperazine rings is 1. The van der Waals surface area contributed by atoms with E-state index in [-0.39, 0.29) is 18.3 Å². The lowest BCUT2D eigenvalue weighted by atomic mass is 10.2. The molecule has 6 nitrogen and oxygen atoms in total. The average molecular weight is 271 g/mol. The predicted octanol–water partition coefficient (Wildman–Crippen LogP) is 0.137. The Morgan fingerprint density at radius 2 is 1.89 bits per heavy atom. The number of nitrogens with zero attached hydrogens (tertiary/aromatic N) is 2. The maximum absolute atomic E-state index is 11.9. The maximum Gasteiger partial charge on any atom is 0.409 e. The number of hydrogen-bond acceptors (Lipinski definition) is 5. The lowest BCUT2D eigenvalue weighted by Crippen LogP contribution is -2.49. The van der Waals surface area contributed by atoms with Crippen molar-refractivity contribution in [3.05, 3.63) is 0 Å². The summed E-state index contributed by atoms with van der Waals surface area (Å²) in [6, 6.07) is 0. The zero-order valence-electron chi connectivity index (χ0n) is 11.9. The number of carbonyl (C=O) groups is 1. The molecular weight excluding hydrogens is 246 g/mol. The topological polar surface area (TPSA) is 54.0 Å². The first-order valence-electron chi connectivity index (χ1n) is 7.15. The zero-order chi connectivity index (χ0) is 13.7. The quantitative estimate of drug-likeness (QED) is 0.791.